The second-order valence-corrected chi connectivity index (χ2v) is 8.35. The van der Waals surface area contributed by atoms with E-state index in [9.17, 15) is 14.4 Å². The van der Waals surface area contributed by atoms with Gasteiger partial charge >= 0.3 is 0 Å². The van der Waals surface area contributed by atoms with Crippen molar-refractivity contribution in [3.63, 3.8) is 0 Å². The highest BCUT2D eigenvalue weighted by Gasteiger charge is 2.23. The summed E-state index contributed by atoms with van der Waals surface area (Å²) in [6.45, 7) is 4.44. The summed E-state index contributed by atoms with van der Waals surface area (Å²) in [6, 6.07) is 4.51. The molecule has 2 N–H and O–H groups in total. The number of carbonyl (C=O) groups is 3. The molecular formula is C22H28ClN5O4. The Morgan fingerprint density at radius 3 is 2.78 bits per heavy atom. The molecule has 172 valence electrons. The highest BCUT2D eigenvalue weighted by Crippen LogP contribution is 2.23. The number of fused-ring (bicyclic) bond motifs is 1. The molecule has 1 atom stereocenters. The van der Waals surface area contributed by atoms with E-state index < -0.39 is 0 Å². The molecule has 0 radical (unpaired) electrons. The van der Waals surface area contributed by atoms with Crippen LogP contribution >= 0.6 is 11.6 Å². The van der Waals surface area contributed by atoms with Crippen LogP contribution in [0.2, 0.25) is 5.02 Å². The monoisotopic (exact) mass is 461 g/mol. The molecule has 0 fully saturated rings. The zero-order valence-corrected chi connectivity index (χ0v) is 19.2. The number of benzene rings is 1. The zero-order valence-electron chi connectivity index (χ0n) is 18.5. The van der Waals surface area contributed by atoms with Gasteiger partial charge in [0, 0.05) is 31.4 Å². The molecule has 2 aromatic rings. The van der Waals surface area contributed by atoms with Crippen LogP contribution in [0, 0.1) is 6.92 Å². The Kier molecular flexibility index (Phi) is 7.74. The fourth-order valence-corrected chi connectivity index (χ4v) is 3.68. The number of amides is 3. The molecule has 1 aliphatic rings. The average molecular weight is 462 g/mol. The van der Waals surface area contributed by atoms with Gasteiger partial charge < -0.3 is 20.3 Å². The number of nitrogens with one attached hydrogen (secondary N) is 2. The van der Waals surface area contributed by atoms with Crippen LogP contribution in [0.4, 0.5) is 0 Å². The van der Waals surface area contributed by atoms with Gasteiger partial charge in [0.25, 0.3) is 11.8 Å². The van der Waals surface area contributed by atoms with E-state index in [4.69, 9.17) is 16.3 Å². The first kappa shape index (κ1) is 23.6. The van der Waals surface area contributed by atoms with Gasteiger partial charge in [0.05, 0.1) is 29.4 Å². The lowest BCUT2D eigenvalue weighted by atomic mass is 10.1. The number of carbonyl (C=O) groups excluding carboxylic acids is 3. The summed E-state index contributed by atoms with van der Waals surface area (Å²) in [7, 11) is 1.75. The second kappa shape index (κ2) is 10.5. The van der Waals surface area contributed by atoms with E-state index >= 15 is 0 Å². The molecule has 0 aliphatic carbocycles. The molecule has 0 unspecified atom stereocenters. The molecule has 2 heterocycles. The van der Waals surface area contributed by atoms with Crippen molar-refractivity contribution in [3.8, 4) is 5.75 Å². The number of aromatic nitrogens is 2. The number of ether oxygens (including phenoxy) is 1. The summed E-state index contributed by atoms with van der Waals surface area (Å²) < 4.78 is 7.36. The van der Waals surface area contributed by atoms with E-state index in [1.807, 2.05) is 0 Å². The summed E-state index contributed by atoms with van der Waals surface area (Å²) in [5, 5.41) is 10.4. The average Bonchev–Trinajstić information content (AvgIpc) is 3.08. The summed E-state index contributed by atoms with van der Waals surface area (Å²) in [5.74, 6) is -0.416. The minimum Gasteiger partial charge on any atom is -0.491 e. The first-order chi connectivity index (χ1) is 15.2. The smallest absolute Gasteiger partial charge is 0.257 e. The van der Waals surface area contributed by atoms with Gasteiger partial charge in [0.1, 0.15) is 12.4 Å². The maximum absolute atomic E-state index is 13.1. The Labute approximate surface area is 192 Å². The van der Waals surface area contributed by atoms with E-state index in [2.05, 4.69) is 15.7 Å². The van der Waals surface area contributed by atoms with Crippen LogP contribution < -0.4 is 15.4 Å². The van der Waals surface area contributed by atoms with Crippen LogP contribution in [0.15, 0.2) is 24.4 Å². The van der Waals surface area contributed by atoms with Crippen LogP contribution in [0.3, 0.4) is 0 Å². The first-order valence-corrected chi connectivity index (χ1v) is 10.9. The molecule has 10 heteroatoms. The van der Waals surface area contributed by atoms with Crippen LogP contribution in [-0.4, -0.2) is 64.7 Å². The maximum Gasteiger partial charge on any atom is 0.257 e. The number of halogens is 1. The van der Waals surface area contributed by atoms with Crippen molar-refractivity contribution in [2.24, 2.45) is 7.05 Å². The Bertz CT molecular complexity index is 1010. The van der Waals surface area contributed by atoms with E-state index in [0.29, 0.717) is 53.5 Å². The Balaban J connectivity index is 1.77. The summed E-state index contributed by atoms with van der Waals surface area (Å²) in [5.41, 5.74) is 1.42. The van der Waals surface area contributed by atoms with Crippen LogP contribution in [0.1, 0.15) is 46.2 Å². The van der Waals surface area contributed by atoms with E-state index in [1.54, 1.807) is 50.0 Å². The molecule has 0 spiro atoms. The molecule has 1 aliphatic heterocycles. The van der Waals surface area contributed by atoms with Crippen molar-refractivity contribution in [2.45, 2.75) is 32.7 Å². The van der Waals surface area contributed by atoms with Crippen molar-refractivity contribution >= 4 is 29.3 Å². The van der Waals surface area contributed by atoms with Gasteiger partial charge in [-0.2, -0.15) is 5.10 Å². The topological polar surface area (TPSA) is 106 Å². The van der Waals surface area contributed by atoms with Crippen molar-refractivity contribution in [1.29, 1.82) is 0 Å². The number of hydrogen-bond acceptors (Lipinski definition) is 5. The number of aryl methyl sites for hydroxylation is 2. The molecule has 1 aromatic heterocycles. The SMILES string of the molecule is Cc1nn(C)cc1C(=O)N1CCCCNC(=O)c2cc(Cl)ccc2OC[C@@H](C)NC(=O)C1. The third kappa shape index (κ3) is 6.00. The molecule has 0 saturated carbocycles. The maximum atomic E-state index is 13.1. The van der Waals surface area contributed by atoms with Crippen LogP contribution in [0.25, 0.3) is 0 Å². The van der Waals surface area contributed by atoms with Crippen molar-refractivity contribution < 1.29 is 19.1 Å². The van der Waals surface area contributed by atoms with Crippen molar-refractivity contribution in [3.05, 3.63) is 46.2 Å². The molecule has 1 aromatic carbocycles. The van der Waals surface area contributed by atoms with Gasteiger partial charge in [-0.25, -0.2) is 0 Å². The van der Waals surface area contributed by atoms with Gasteiger partial charge in [0.2, 0.25) is 5.91 Å². The van der Waals surface area contributed by atoms with E-state index in [1.165, 1.54) is 4.90 Å². The Morgan fingerprint density at radius 1 is 1.28 bits per heavy atom. The predicted molar refractivity (Wildman–Crippen MR) is 120 cm³/mol. The third-order valence-electron chi connectivity index (χ3n) is 5.09. The van der Waals surface area contributed by atoms with Gasteiger partial charge in [-0.05, 0) is 44.9 Å². The normalized spacial score (nSPS) is 18.5. The van der Waals surface area contributed by atoms with E-state index in [0.717, 1.165) is 0 Å². The molecule has 0 bridgehead atoms. The summed E-state index contributed by atoms with van der Waals surface area (Å²) in [6.07, 6.45) is 2.91. The summed E-state index contributed by atoms with van der Waals surface area (Å²) >= 11 is 6.06. The second-order valence-electron chi connectivity index (χ2n) is 7.91. The number of nitrogens with zero attached hydrogens (tertiary/aromatic N) is 3. The van der Waals surface area contributed by atoms with E-state index in [-0.39, 0.29) is 36.9 Å². The molecule has 3 rings (SSSR count). The van der Waals surface area contributed by atoms with Crippen molar-refractivity contribution in [1.82, 2.24) is 25.3 Å². The molecule has 3 amide bonds. The van der Waals surface area contributed by atoms with Crippen LogP contribution in [0.5, 0.6) is 5.75 Å². The standard InChI is InChI=1S/C22H28ClN5O4/c1-14-13-32-19-7-6-16(23)10-17(19)21(30)24-8-4-5-9-28(12-20(29)25-14)22(31)18-11-27(3)26-15(18)2/h6-7,10-11,14H,4-5,8-9,12-13H2,1-3H3,(H,24,30)(H,25,29)/t14-/m1/s1. The minimum absolute atomic E-state index is 0.0734. The quantitative estimate of drug-likeness (QED) is 0.675. The molecular weight excluding hydrogens is 434 g/mol. The van der Waals surface area contributed by atoms with Crippen molar-refractivity contribution in [2.75, 3.05) is 26.2 Å². The first-order valence-electron chi connectivity index (χ1n) is 10.5. The lowest BCUT2D eigenvalue weighted by molar-refractivity contribution is -0.122. The van der Waals surface area contributed by atoms with Gasteiger partial charge in [-0.3, -0.25) is 19.1 Å². The predicted octanol–water partition coefficient (Wildman–Crippen LogP) is 1.93. The molecule has 32 heavy (non-hydrogen) atoms. The van der Waals surface area contributed by atoms with Gasteiger partial charge in [-0.15, -0.1) is 0 Å². The van der Waals surface area contributed by atoms with Gasteiger partial charge in [0.15, 0.2) is 0 Å². The number of hydrogen-bond donors (Lipinski definition) is 2. The third-order valence-corrected chi connectivity index (χ3v) is 5.32. The summed E-state index contributed by atoms with van der Waals surface area (Å²) in [4.78, 5) is 39.9. The fourth-order valence-electron chi connectivity index (χ4n) is 3.51. The zero-order chi connectivity index (χ0) is 23.3. The highest BCUT2D eigenvalue weighted by atomic mass is 35.5. The van der Waals surface area contributed by atoms with Gasteiger partial charge in [-0.1, -0.05) is 11.6 Å². The highest BCUT2D eigenvalue weighted by molar-refractivity contribution is 6.31. The fraction of sp³-hybridized carbons (Fsp3) is 0.455. The number of rotatable bonds is 1. The Morgan fingerprint density at radius 2 is 2.06 bits per heavy atom. The lowest BCUT2D eigenvalue weighted by Gasteiger charge is -2.23. The largest absolute Gasteiger partial charge is 0.491 e. The minimum atomic E-state index is -0.337. The van der Waals surface area contributed by atoms with Crippen LogP contribution in [-0.2, 0) is 11.8 Å². The molecule has 0 saturated heterocycles. The lowest BCUT2D eigenvalue weighted by Crippen LogP contribution is -2.45. The molecule has 9 nitrogen and oxygen atoms in total. The Hall–Kier alpha value is -3.07.